The van der Waals surface area contributed by atoms with Crippen LogP contribution < -0.4 is 0 Å². The number of fused-ring (bicyclic) bond motifs is 1. The van der Waals surface area contributed by atoms with Gasteiger partial charge in [0.1, 0.15) is 0 Å². The molecular weight excluding hydrogens is 384 g/mol. The van der Waals surface area contributed by atoms with Crippen LogP contribution >= 0.6 is 0 Å². The van der Waals surface area contributed by atoms with Crippen LogP contribution in [0.4, 0.5) is 0 Å². The Morgan fingerprint density at radius 3 is 2.32 bits per heavy atom. The molecular formula is C28H38O3. The lowest BCUT2D eigenvalue weighted by Crippen LogP contribution is -2.41. The van der Waals surface area contributed by atoms with Gasteiger partial charge in [-0.15, -0.1) is 0 Å². The first-order valence-corrected chi connectivity index (χ1v) is 12.3. The van der Waals surface area contributed by atoms with E-state index in [0.717, 1.165) is 44.9 Å². The fourth-order valence-electron chi connectivity index (χ4n) is 5.92. The molecule has 2 aromatic carbocycles. The molecule has 3 N–H and O–H groups in total. The van der Waals surface area contributed by atoms with E-state index in [1.807, 2.05) is 0 Å². The molecule has 0 bridgehead atoms. The summed E-state index contributed by atoms with van der Waals surface area (Å²) in [4.78, 5) is 0. The highest BCUT2D eigenvalue weighted by Gasteiger charge is 2.38. The van der Waals surface area contributed by atoms with Crippen LogP contribution in [0.15, 0.2) is 30.3 Å². The van der Waals surface area contributed by atoms with Gasteiger partial charge < -0.3 is 15.3 Å². The molecule has 4 atom stereocenters. The van der Waals surface area contributed by atoms with Gasteiger partial charge in [0.25, 0.3) is 0 Å². The Bertz CT molecular complexity index is 886. The number of benzene rings is 2. The molecule has 1 fully saturated rings. The smallest absolute Gasteiger partial charge is 0.0867 e. The van der Waals surface area contributed by atoms with Crippen molar-refractivity contribution in [3.05, 3.63) is 69.3 Å². The number of hydrogen-bond donors (Lipinski definition) is 3. The van der Waals surface area contributed by atoms with Crippen molar-refractivity contribution in [1.29, 1.82) is 0 Å². The molecule has 2 aliphatic carbocycles. The topological polar surface area (TPSA) is 60.7 Å². The normalized spacial score (nSPS) is 25.6. The Kier molecular flexibility index (Phi) is 7.15. The summed E-state index contributed by atoms with van der Waals surface area (Å²) in [6.45, 7) is 4.48. The van der Waals surface area contributed by atoms with Gasteiger partial charge >= 0.3 is 0 Å². The fourth-order valence-corrected chi connectivity index (χ4v) is 5.92. The van der Waals surface area contributed by atoms with Crippen molar-refractivity contribution in [2.24, 2.45) is 5.92 Å². The predicted molar refractivity (Wildman–Crippen MR) is 126 cm³/mol. The van der Waals surface area contributed by atoms with Crippen molar-refractivity contribution < 1.29 is 15.3 Å². The molecule has 0 saturated heterocycles. The number of rotatable bonds is 7. The van der Waals surface area contributed by atoms with Crippen LogP contribution in [0.5, 0.6) is 0 Å². The number of hydrogen-bond acceptors (Lipinski definition) is 3. The molecule has 3 heteroatoms. The zero-order valence-corrected chi connectivity index (χ0v) is 19.1. The van der Waals surface area contributed by atoms with Crippen molar-refractivity contribution in [2.45, 2.75) is 89.8 Å². The number of aliphatic hydroxyl groups is 3. The van der Waals surface area contributed by atoms with Gasteiger partial charge in [0.2, 0.25) is 0 Å². The zero-order chi connectivity index (χ0) is 22.0. The van der Waals surface area contributed by atoms with Crippen LogP contribution in [0.1, 0.15) is 84.4 Å². The molecule has 2 aliphatic rings. The van der Waals surface area contributed by atoms with Crippen LogP contribution in [-0.4, -0.2) is 34.1 Å². The van der Waals surface area contributed by atoms with Gasteiger partial charge in [-0.3, -0.25) is 0 Å². The zero-order valence-electron chi connectivity index (χ0n) is 19.1. The molecule has 4 rings (SSSR count). The Balaban J connectivity index is 1.77. The number of aryl methyl sites for hydroxylation is 1. The van der Waals surface area contributed by atoms with E-state index in [4.69, 9.17) is 0 Å². The summed E-state index contributed by atoms with van der Waals surface area (Å²) in [5.41, 5.74) is 9.76. The van der Waals surface area contributed by atoms with Crippen LogP contribution in [-0.2, 0) is 32.1 Å². The summed E-state index contributed by atoms with van der Waals surface area (Å²) in [5, 5.41) is 31.3. The fraction of sp³-hybridized carbons (Fsp3) is 0.571. The average Bonchev–Trinajstić information content (AvgIpc) is 3.28. The summed E-state index contributed by atoms with van der Waals surface area (Å²) < 4.78 is 0. The molecule has 0 aliphatic heterocycles. The van der Waals surface area contributed by atoms with E-state index in [1.54, 1.807) is 0 Å². The second kappa shape index (κ2) is 9.85. The predicted octanol–water partition coefficient (Wildman–Crippen LogP) is 4.49. The standard InChI is InChI=1S/C28H38O3/c1-3-6-23-24-8-5-7-22(24)21(13-19-11-9-18(4-2)10-12-19)16-25(23)26-14-20(17-29)15-27(30)28(26)31/h9-12,16,20,26-31H,3-8,13-15,17H2,1-2H3. The third-order valence-corrected chi connectivity index (χ3v) is 7.60. The Hall–Kier alpha value is -1.68. The second-order valence-electron chi connectivity index (χ2n) is 9.70. The third-order valence-electron chi connectivity index (χ3n) is 7.60. The summed E-state index contributed by atoms with van der Waals surface area (Å²) >= 11 is 0. The van der Waals surface area contributed by atoms with Crippen LogP contribution in [0.25, 0.3) is 0 Å². The van der Waals surface area contributed by atoms with E-state index < -0.39 is 12.2 Å². The second-order valence-corrected chi connectivity index (χ2v) is 9.70. The van der Waals surface area contributed by atoms with Crippen LogP contribution in [0.3, 0.4) is 0 Å². The molecule has 4 unspecified atom stereocenters. The minimum absolute atomic E-state index is 0.0520. The van der Waals surface area contributed by atoms with Crippen molar-refractivity contribution in [3.63, 3.8) is 0 Å². The molecule has 0 aromatic heterocycles. The molecule has 31 heavy (non-hydrogen) atoms. The first-order chi connectivity index (χ1) is 15.0. The summed E-state index contributed by atoms with van der Waals surface area (Å²) in [5.74, 6) is -0.0502. The van der Waals surface area contributed by atoms with Crippen LogP contribution in [0.2, 0.25) is 0 Å². The maximum atomic E-state index is 11.0. The van der Waals surface area contributed by atoms with Crippen molar-refractivity contribution in [2.75, 3.05) is 6.61 Å². The van der Waals surface area contributed by atoms with Gasteiger partial charge in [-0.25, -0.2) is 0 Å². The SMILES string of the molecule is CCCc1c(C2CC(CO)CC(O)C2O)cc(Cc2ccc(CC)cc2)c2c1CCC2. The summed E-state index contributed by atoms with van der Waals surface area (Å²) in [7, 11) is 0. The highest BCUT2D eigenvalue weighted by molar-refractivity contribution is 5.52. The molecule has 0 heterocycles. The molecule has 0 amide bonds. The average molecular weight is 423 g/mol. The van der Waals surface area contributed by atoms with Gasteiger partial charge in [0, 0.05) is 12.5 Å². The van der Waals surface area contributed by atoms with Crippen molar-refractivity contribution in [1.82, 2.24) is 0 Å². The monoisotopic (exact) mass is 422 g/mol. The van der Waals surface area contributed by atoms with Gasteiger partial charge in [0.15, 0.2) is 0 Å². The van der Waals surface area contributed by atoms with Crippen LogP contribution in [0, 0.1) is 5.92 Å². The van der Waals surface area contributed by atoms with E-state index >= 15 is 0 Å². The Morgan fingerprint density at radius 2 is 1.65 bits per heavy atom. The van der Waals surface area contributed by atoms with Gasteiger partial charge in [-0.2, -0.15) is 0 Å². The lowest BCUT2D eigenvalue weighted by Gasteiger charge is -2.38. The van der Waals surface area contributed by atoms with Gasteiger partial charge in [-0.1, -0.05) is 50.6 Å². The van der Waals surface area contributed by atoms with E-state index in [-0.39, 0.29) is 18.4 Å². The number of aliphatic hydroxyl groups excluding tert-OH is 3. The summed E-state index contributed by atoms with van der Waals surface area (Å²) in [6, 6.07) is 11.3. The molecule has 1 saturated carbocycles. The Morgan fingerprint density at radius 1 is 0.935 bits per heavy atom. The summed E-state index contributed by atoms with van der Waals surface area (Å²) in [6.07, 6.45) is 7.25. The molecule has 2 aromatic rings. The van der Waals surface area contributed by atoms with Crippen molar-refractivity contribution >= 4 is 0 Å². The highest BCUT2D eigenvalue weighted by atomic mass is 16.3. The molecule has 0 radical (unpaired) electrons. The minimum Gasteiger partial charge on any atom is -0.396 e. The molecule has 3 nitrogen and oxygen atoms in total. The van der Waals surface area contributed by atoms with Gasteiger partial charge in [0.05, 0.1) is 12.2 Å². The lowest BCUT2D eigenvalue weighted by atomic mass is 9.72. The highest BCUT2D eigenvalue weighted by Crippen LogP contribution is 2.42. The molecule has 0 spiro atoms. The quantitative estimate of drug-likeness (QED) is 0.616. The van der Waals surface area contributed by atoms with E-state index in [1.165, 1.54) is 45.4 Å². The van der Waals surface area contributed by atoms with Crippen molar-refractivity contribution in [3.8, 4) is 0 Å². The lowest BCUT2D eigenvalue weighted by molar-refractivity contribution is -0.0474. The largest absolute Gasteiger partial charge is 0.396 e. The van der Waals surface area contributed by atoms with E-state index in [9.17, 15) is 15.3 Å². The minimum atomic E-state index is -0.760. The van der Waals surface area contributed by atoms with E-state index in [2.05, 4.69) is 44.2 Å². The third kappa shape index (κ3) is 4.60. The first kappa shape index (κ1) is 22.5. The van der Waals surface area contributed by atoms with E-state index in [0.29, 0.717) is 6.42 Å². The molecule has 168 valence electrons. The first-order valence-electron chi connectivity index (χ1n) is 12.3. The van der Waals surface area contributed by atoms with Gasteiger partial charge in [-0.05, 0) is 96.2 Å². The Labute approximate surface area is 187 Å². The maximum Gasteiger partial charge on any atom is 0.0867 e. The maximum absolute atomic E-state index is 11.0.